The van der Waals surface area contributed by atoms with Gasteiger partial charge in [-0.3, -0.25) is 0 Å². The maximum absolute atomic E-state index is 9.72. The van der Waals surface area contributed by atoms with E-state index in [1.165, 1.54) is 6.33 Å². The molecule has 4 rings (SSSR count). The summed E-state index contributed by atoms with van der Waals surface area (Å²) < 4.78 is 0. The van der Waals surface area contributed by atoms with Gasteiger partial charge in [0.05, 0.1) is 22.3 Å². The zero-order valence-corrected chi connectivity index (χ0v) is 16.2. The number of nitrogens with one attached hydrogen (secondary N) is 2. The molecule has 0 amide bonds. The summed E-state index contributed by atoms with van der Waals surface area (Å²) in [5.74, 6) is 0.772. The van der Waals surface area contributed by atoms with Crippen LogP contribution in [0, 0.1) is 0 Å². The lowest BCUT2D eigenvalue weighted by molar-refractivity contribution is 0.126. The third-order valence-corrected chi connectivity index (χ3v) is 5.26. The fourth-order valence-corrected chi connectivity index (χ4v) is 3.68. The average Bonchev–Trinajstić information content (AvgIpc) is 2.68. The van der Waals surface area contributed by atoms with Gasteiger partial charge in [-0.15, -0.1) is 0 Å². The number of phenolic OH excluding ortho intramolecular Hbond substituents is 1. The fraction of sp³-hybridized carbons (Fsp3) is 0.333. The van der Waals surface area contributed by atoms with E-state index in [9.17, 15) is 10.2 Å². The number of hydrogen-bond donors (Lipinski definition) is 4. The molecule has 0 unspecified atom stereocenters. The van der Waals surface area contributed by atoms with Gasteiger partial charge in [0.2, 0.25) is 5.95 Å². The number of anilines is 3. The Morgan fingerprint density at radius 3 is 2.43 bits per heavy atom. The Morgan fingerprint density at radius 2 is 1.71 bits per heavy atom. The fourth-order valence-electron chi connectivity index (χ4n) is 3.19. The minimum atomic E-state index is -0.219. The number of hydrogen-bond acceptors (Lipinski definition) is 8. The summed E-state index contributed by atoms with van der Waals surface area (Å²) in [5, 5.41) is 26.1. The predicted octanol–water partition coefficient (Wildman–Crippen LogP) is 3.89. The van der Waals surface area contributed by atoms with Crippen LogP contribution in [0.25, 0.3) is 11.0 Å². The summed E-state index contributed by atoms with van der Waals surface area (Å²) in [6.45, 7) is 0. The molecule has 8 nitrogen and oxygen atoms in total. The van der Waals surface area contributed by atoms with E-state index in [0.717, 1.165) is 25.7 Å². The number of aliphatic hydroxyl groups is 1. The van der Waals surface area contributed by atoms with E-state index in [-0.39, 0.29) is 27.9 Å². The Morgan fingerprint density at radius 1 is 1.00 bits per heavy atom. The third kappa shape index (κ3) is 4.04. The van der Waals surface area contributed by atoms with Crippen LogP contribution in [0.15, 0.2) is 24.7 Å². The number of phenols is 1. The molecule has 28 heavy (non-hydrogen) atoms. The number of aromatic hydroxyl groups is 1. The van der Waals surface area contributed by atoms with Gasteiger partial charge in [-0.1, -0.05) is 23.2 Å². The maximum Gasteiger partial charge on any atom is 0.223 e. The molecule has 0 atom stereocenters. The Balaban J connectivity index is 1.61. The molecule has 1 fully saturated rings. The lowest BCUT2D eigenvalue weighted by Gasteiger charge is -2.26. The van der Waals surface area contributed by atoms with Crippen molar-refractivity contribution in [3.8, 4) is 5.75 Å². The van der Waals surface area contributed by atoms with Crippen molar-refractivity contribution in [3.05, 3.63) is 34.7 Å². The van der Waals surface area contributed by atoms with Gasteiger partial charge in [-0.05, 0) is 37.8 Å². The smallest absolute Gasteiger partial charge is 0.223 e. The van der Waals surface area contributed by atoms with Crippen LogP contribution in [0.3, 0.4) is 0 Å². The first-order valence-corrected chi connectivity index (χ1v) is 9.62. The lowest BCUT2D eigenvalue weighted by Crippen LogP contribution is -2.28. The Labute approximate surface area is 171 Å². The average molecular weight is 421 g/mol. The Bertz CT molecular complexity index is 988. The van der Waals surface area contributed by atoms with Gasteiger partial charge in [-0.2, -0.15) is 0 Å². The maximum atomic E-state index is 9.72. The molecule has 1 aliphatic carbocycles. The van der Waals surface area contributed by atoms with Crippen molar-refractivity contribution in [1.29, 1.82) is 0 Å². The zero-order chi connectivity index (χ0) is 19.7. The predicted molar refractivity (Wildman–Crippen MR) is 108 cm³/mol. The highest BCUT2D eigenvalue weighted by molar-refractivity contribution is 6.37. The van der Waals surface area contributed by atoms with Gasteiger partial charge < -0.3 is 20.8 Å². The number of aromatic nitrogens is 4. The molecule has 1 saturated carbocycles. The van der Waals surface area contributed by atoms with Crippen molar-refractivity contribution >= 4 is 51.7 Å². The van der Waals surface area contributed by atoms with Crippen molar-refractivity contribution < 1.29 is 10.2 Å². The van der Waals surface area contributed by atoms with E-state index in [0.29, 0.717) is 28.5 Å². The van der Waals surface area contributed by atoms with Crippen LogP contribution >= 0.6 is 23.2 Å². The second-order valence-corrected chi connectivity index (χ2v) is 7.53. The van der Waals surface area contributed by atoms with Crippen LogP contribution in [-0.4, -0.2) is 42.3 Å². The topological polar surface area (TPSA) is 116 Å². The molecular weight excluding hydrogens is 403 g/mol. The van der Waals surface area contributed by atoms with Gasteiger partial charge in [0.1, 0.15) is 17.4 Å². The number of benzene rings is 1. The number of rotatable bonds is 4. The molecular formula is C18H18Cl2N6O2. The number of halogens is 2. The first-order valence-electron chi connectivity index (χ1n) is 8.87. The standard InChI is InChI=1S/C18H18Cl2N6O2/c19-12-5-10(6-13(20)16(12)28)24-17-15-14(22-8-23-17)7-21-18(26-15)25-9-1-3-11(27)4-2-9/h5-9,11,27-28H,1-4H2,(H,21,25,26)(H,22,23,24). The number of nitrogens with zero attached hydrogens (tertiary/aromatic N) is 4. The van der Waals surface area contributed by atoms with E-state index in [2.05, 4.69) is 30.6 Å². The highest BCUT2D eigenvalue weighted by atomic mass is 35.5. The number of aliphatic hydroxyl groups excluding tert-OH is 1. The molecule has 0 spiro atoms. The van der Waals surface area contributed by atoms with E-state index < -0.39 is 0 Å². The van der Waals surface area contributed by atoms with E-state index >= 15 is 0 Å². The summed E-state index contributed by atoms with van der Waals surface area (Å²) in [7, 11) is 0. The molecule has 146 valence electrons. The summed E-state index contributed by atoms with van der Waals surface area (Å²) in [6, 6.07) is 3.31. The molecule has 10 heteroatoms. The van der Waals surface area contributed by atoms with Crippen molar-refractivity contribution in [2.45, 2.75) is 37.8 Å². The van der Waals surface area contributed by atoms with Crippen LogP contribution in [0.2, 0.25) is 10.0 Å². The normalized spacial score (nSPS) is 19.5. The Kier molecular flexibility index (Phi) is 5.34. The van der Waals surface area contributed by atoms with Crippen LogP contribution in [-0.2, 0) is 0 Å². The molecule has 2 heterocycles. The van der Waals surface area contributed by atoms with E-state index in [1.54, 1.807) is 18.3 Å². The highest BCUT2D eigenvalue weighted by Gasteiger charge is 2.20. The van der Waals surface area contributed by atoms with Crippen LogP contribution in [0.1, 0.15) is 25.7 Å². The monoisotopic (exact) mass is 420 g/mol. The van der Waals surface area contributed by atoms with Crippen LogP contribution in [0.4, 0.5) is 17.5 Å². The number of fused-ring (bicyclic) bond motifs is 1. The van der Waals surface area contributed by atoms with Crippen molar-refractivity contribution in [1.82, 2.24) is 19.9 Å². The van der Waals surface area contributed by atoms with Crippen molar-refractivity contribution in [3.63, 3.8) is 0 Å². The highest BCUT2D eigenvalue weighted by Crippen LogP contribution is 2.36. The molecule has 0 aliphatic heterocycles. The van der Waals surface area contributed by atoms with Crippen molar-refractivity contribution in [2.24, 2.45) is 0 Å². The lowest BCUT2D eigenvalue weighted by atomic mass is 9.93. The van der Waals surface area contributed by atoms with Gasteiger partial charge in [0, 0.05) is 11.7 Å². The minimum absolute atomic E-state index is 0.129. The zero-order valence-electron chi connectivity index (χ0n) is 14.7. The third-order valence-electron chi connectivity index (χ3n) is 4.69. The molecule has 0 radical (unpaired) electrons. The largest absolute Gasteiger partial charge is 0.505 e. The van der Waals surface area contributed by atoms with E-state index in [1.807, 2.05) is 0 Å². The first kappa shape index (κ1) is 18.9. The second-order valence-electron chi connectivity index (χ2n) is 6.71. The summed E-state index contributed by atoms with van der Waals surface area (Å²) in [5.41, 5.74) is 1.68. The van der Waals surface area contributed by atoms with Gasteiger partial charge in [-0.25, -0.2) is 19.9 Å². The summed E-state index contributed by atoms with van der Waals surface area (Å²) in [4.78, 5) is 17.4. The van der Waals surface area contributed by atoms with Crippen molar-refractivity contribution in [2.75, 3.05) is 10.6 Å². The van der Waals surface area contributed by atoms with E-state index in [4.69, 9.17) is 23.2 Å². The van der Waals surface area contributed by atoms with Gasteiger partial charge >= 0.3 is 0 Å². The Hall–Kier alpha value is -2.42. The van der Waals surface area contributed by atoms with Crippen LogP contribution < -0.4 is 10.6 Å². The SMILES string of the molecule is Oc1c(Cl)cc(Nc2ncnc3cnc(NC4CCC(O)CC4)nc23)cc1Cl. The molecule has 1 aliphatic rings. The molecule has 4 N–H and O–H groups in total. The molecule has 1 aromatic carbocycles. The minimum Gasteiger partial charge on any atom is -0.505 e. The molecule has 0 bridgehead atoms. The first-order chi connectivity index (χ1) is 13.5. The molecule has 3 aromatic rings. The summed E-state index contributed by atoms with van der Waals surface area (Å²) >= 11 is 12.0. The second kappa shape index (κ2) is 7.90. The van der Waals surface area contributed by atoms with Gasteiger partial charge in [0.25, 0.3) is 0 Å². The van der Waals surface area contributed by atoms with Gasteiger partial charge in [0.15, 0.2) is 11.6 Å². The van der Waals surface area contributed by atoms with Crippen LogP contribution in [0.5, 0.6) is 5.75 Å². The molecule has 0 saturated heterocycles. The quantitative estimate of drug-likeness (QED) is 0.469. The molecule has 2 aromatic heterocycles. The summed E-state index contributed by atoms with van der Waals surface area (Å²) in [6.07, 6.45) is 6.09.